The van der Waals surface area contributed by atoms with Gasteiger partial charge in [-0.1, -0.05) is 80.5 Å². The van der Waals surface area contributed by atoms with Gasteiger partial charge in [0.05, 0.1) is 0 Å². The summed E-state index contributed by atoms with van der Waals surface area (Å²) in [5.41, 5.74) is -2.32. The molecule has 20 heavy (non-hydrogen) atoms. The third-order valence-corrected chi connectivity index (χ3v) is 11.9. The molecule has 0 aliphatic rings. The van der Waals surface area contributed by atoms with Crippen LogP contribution in [0.3, 0.4) is 0 Å². The predicted molar refractivity (Wildman–Crippen MR) is 97.6 cm³/mol. The highest BCUT2D eigenvalue weighted by Gasteiger charge is 2.25. The lowest BCUT2D eigenvalue weighted by atomic mass is 10.3. The van der Waals surface area contributed by atoms with Crippen LogP contribution in [0.2, 0.25) is 0 Å². The summed E-state index contributed by atoms with van der Waals surface area (Å²) < 4.78 is 13.3. The van der Waals surface area contributed by atoms with E-state index < -0.39 is 5.55 Å². The summed E-state index contributed by atoms with van der Waals surface area (Å²) in [5.74, 6) is 2.03. The van der Waals surface area contributed by atoms with E-state index in [1.165, 1.54) is 38.5 Å². The van der Waals surface area contributed by atoms with Gasteiger partial charge in [-0.3, -0.25) is 4.57 Å². The number of hydrogen-bond acceptors (Lipinski definition) is 3. The van der Waals surface area contributed by atoms with Gasteiger partial charge in [0, 0.05) is 16.8 Å². The largest absolute Gasteiger partial charge is 0.295 e. The van der Waals surface area contributed by atoms with Crippen LogP contribution in [0.5, 0.6) is 0 Å². The van der Waals surface area contributed by atoms with Crippen molar-refractivity contribution in [3.05, 3.63) is 30.3 Å². The molecular weight excluding hydrogens is 303 g/mol. The number of benzene rings is 1. The SMILES string of the molecule is CCCCCSP(=O)(SCCCCC)c1ccccc1. The van der Waals surface area contributed by atoms with Crippen LogP contribution in [0.4, 0.5) is 0 Å². The predicted octanol–water partition coefficient (Wildman–Crippen LogP) is 6.35. The van der Waals surface area contributed by atoms with Gasteiger partial charge in [-0.15, -0.1) is 0 Å². The molecule has 0 unspecified atom stereocenters. The fourth-order valence-electron chi connectivity index (χ4n) is 1.87. The summed E-state index contributed by atoms with van der Waals surface area (Å²) >= 11 is 3.39. The molecule has 0 bridgehead atoms. The highest BCUT2D eigenvalue weighted by molar-refractivity contribution is 8.92. The van der Waals surface area contributed by atoms with Gasteiger partial charge in [-0.25, -0.2) is 0 Å². The topological polar surface area (TPSA) is 17.1 Å². The first-order valence-electron chi connectivity index (χ1n) is 7.67. The highest BCUT2D eigenvalue weighted by atomic mass is 33.1. The summed E-state index contributed by atoms with van der Waals surface area (Å²) in [7, 11) is 0. The van der Waals surface area contributed by atoms with E-state index in [1.54, 1.807) is 22.8 Å². The molecule has 0 amide bonds. The van der Waals surface area contributed by atoms with Crippen molar-refractivity contribution < 1.29 is 4.57 Å². The molecule has 0 radical (unpaired) electrons. The molecule has 0 aliphatic heterocycles. The van der Waals surface area contributed by atoms with E-state index in [0.29, 0.717) is 0 Å². The van der Waals surface area contributed by atoms with Crippen LogP contribution in [-0.2, 0) is 4.57 Å². The fraction of sp³-hybridized carbons (Fsp3) is 0.625. The summed E-state index contributed by atoms with van der Waals surface area (Å²) in [6.07, 6.45) is 7.27. The first-order valence-corrected chi connectivity index (χ1v) is 12.6. The minimum absolute atomic E-state index is 1.01. The van der Waals surface area contributed by atoms with Crippen LogP contribution < -0.4 is 5.30 Å². The Morgan fingerprint density at radius 3 is 1.80 bits per heavy atom. The van der Waals surface area contributed by atoms with E-state index in [-0.39, 0.29) is 0 Å². The van der Waals surface area contributed by atoms with Crippen molar-refractivity contribution in [1.29, 1.82) is 0 Å². The molecule has 0 spiro atoms. The first-order chi connectivity index (χ1) is 9.73. The Balaban J connectivity index is 2.60. The van der Waals surface area contributed by atoms with Crippen molar-refractivity contribution in [2.24, 2.45) is 0 Å². The second-order valence-electron chi connectivity index (χ2n) is 4.91. The van der Waals surface area contributed by atoms with Crippen molar-refractivity contribution in [1.82, 2.24) is 0 Å². The zero-order chi connectivity index (χ0) is 14.7. The van der Waals surface area contributed by atoms with Gasteiger partial charge in [-0.2, -0.15) is 0 Å². The average molecular weight is 330 g/mol. The van der Waals surface area contributed by atoms with Crippen molar-refractivity contribution in [3.63, 3.8) is 0 Å². The molecule has 0 saturated carbocycles. The molecule has 0 atom stereocenters. The number of rotatable bonds is 11. The summed E-state index contributed by atoms with van der Waals surface area (Å²) in [6, 6.07) is 10.1. The third kappa shape index (κ3) is 6.74. The molecule has 1 aromatic carbocycles. The molecule has 0 aliphatic carbocycles. The molecule has 0 fully saturated rings. The zero-order valence-corrected chi connectivity index (χ0v) is 15.2. The minimum atomic E-state index is -2.32. The Labute approximate surface area is 132 Å². The van der Waals surface area contributed by atoms with Crippen LogP contribution in [0.25, 0.3) is 0 Å². The molecular formula is C16H27OPS2. The summed E-state index contributed by atoms with van der Waals surface area (Å²) in [4.78, 5) is 0. The van der Waals surface area contributed by atoms with Crippen LogP contribution >= 0.6 is 28.3 Å². The highest BCUT2D eigenvalue weighted by Crippen LogP contribution is 2.68. The lowest BCUT2D eigenvalue weighted by Crippen LogP contribution is -2.00. The maximum Gasteiger partial charge on any atom is 0.219 e. The van der Waals surface area contributed by atoms with Crippen LogP contribution in [0.1, 0.15) is 52.4 Å². The van der Waals surface area contributed by atoms with Crippen LogP contribution in [0, 0.1) is 0 Å². The van der Waals surface area contributed by atoms with Gasteiger partial charge in [0.25, 0.3) is 0 Å². The maximum absolute atomic E-state index is 13.3. The molecule has 0 N–H and O–H groups in total. The first kappa shape index (κ1) is 18.2. The van der Waals surface area contributed by atoms with Crippen LogP contribution in [0.15, 0.2) is 30.3 Å². The van der Waals surface area contributed by atoms with Gasteiger partial charge in [0.1, 0.15) is 0 Å². The third-order valence-electron chi connectivity index (χ3n) is 3.09. The lowest BCUT2D eigenvalue weighted by molar-refractivity contribution is 0.598. The fourth-order valence-corrected chi connectivity index (χ4v) is 10.0. The molecule has 1 rings (SSSR count). The second kappa shape index (κ2) is 10.8. The molecule has 1 aromatic rings. The van der Waals surface area contributed by atoms with Gasteiger partial charge in [0.15, 0.2) is 0 Å². The van der Waals surface area contributed by atoms with Gasteiger partial charge in [-0.05, 0) is 25.0 Å². The molecule has 0 saturated heterocycles. The van der Waals surface area contributed by atoms with E-state index in [4.69, 9.17) is 0 Å². The molecule has 1 nitrogen and oxygen atoms in total. The molecule has 4 heteroatoms. The maximum atomic E-state index is 13.3. The van der Waals surface area contributed by atoms with Gasteiger partial charge < -0.3 is 0 Å². The van der Waals surface area contributed by atoms with Crippen molar-refractivity contribution >= 4 is 33.6 Å². The molecule has 114 valence electrons. The Bertz CT molecular complexity index is 379. The average Bonchev–Trinajstić information content (AvgIpc) is 2.49. The Hall–Kier alpha value is 0.150. The number of hydrogen-bond donors (Lipinski definition) is 0. The van der Waals surface area contributed by atoms with Gasteiger partial charge in [0.2, 0.25) is 5.55 Å². The Kier molecular flexibility index (Phi) is 9.84. The second-order valence-corrected chi connectivity index (χ2v) is 13.1. The van der Waals surface area contributed by atoms with E-state index in [9.17, 15) is 4.57 Å². The summed E-state index contributed by atoms with van der Waals surface area (Å²) in [6.45, 7) is 4.42. The van der Waals surface area contributed by atoms with Crippen molar-refractivity contribution in [3.8, 4) is 0 Å². The zero-order valence-electron chi connectivity index (χ0n) is 12.7. The van der Waals surface area contributed by atoms with Crippen LogP contribution in [-0.4, -0.2) is 11.5 Å². The minimum Gasteiger partial charge on any atom is -0.295 e. The number of unbranched alkanes of at least 4 members (excludes halogenated alkanes) is 4. The van der Waals surface area contributed by atoms with E-state index in [2.05, 4.69) is 13.8 Å². The molecule has 0 heterocycles. The van der Waals surface area contributed by atoms with E-state index in [1.807, 2.05) is 30.3 Å². The quantitative estimate of drug-likeness (QED) is 0.347. The smallest absolute Gasteiger partial charge is 0.219 e. The van der Waals surface area contributed by atoms with E-state index in [0.717, 1.165) is 16.8 Å². The lowest BCUT2D eigenvalue weighted by Gasteiger charge is -2.17. The van der Waals surface area contributed by atoms with E-state index >= 15 is 0 Å². The Morgan fingerprint density at radius 1 is 0.850 bits per heavy atom. The molecule has 0 aromatic heterocycles. The monoisotopic (exact) mass is 330 g/mol. The normalized spacial score (nSPS) is 11.7. The van der Waals surface area contributed by atoms with Gasteiger partial charge >= 0.3 is 0 Å². The summed E-state index contributed by atoms with van der Waals surface area (Å²) in [5, 5.41) is 1.03. The van der Waals surface area contributed by atoms with Crippen molar-refractivity contribution in [2.75, 3.05) is 11.5 Å². The van der Waals surface area contributed by atoms with Crippen molar-refractivity contribution in [2.45, 2.75) is 52.4 Å². The Morgan fingerprint density at radius 2 is 1.35 bits per heavy atom. The standard InChI is InChI=1S/C16H27OPS2/c1-3-5-10-14-19-18(17,20-15-11-6-4-2)16-12-8-7-9-13-16/h7-9,12-13H,3-6,10-11,14-15H2,1-2H3.